The summed E-state index contributed by atoms with van der Waals surface area (Å²) >= 11 is 0. The number of para-hydroxylation sites is 1. The van der Waals surface area contributed by atoms with Gasteiger partial charge >= 0.3 is 6.03 Å². The Morgan fingerprint density at radius 3 is 2.52 bits per heavy atom. The first-order valence-corrected chi connectivity index (χ1v) is 9.76. The molecule has 5 nitrogen and oxygen atoms in total. The van der Waals surface area contributed by atoms with Crippen LogP contribution in [0.3, 0.4) is 0 Å². The minimum absolute atomic E-state index is 0.162. The Bertz CT molecular complexity index is 713. The highest BCUT2D eigenvalue weighted by Gasteiger charge is 2.20. The number of aryl methyl sites for hydroxylation is 1. The monoisotopic (exact) mass is 367 g/mol. The third-order valence-corrected chi connectivity index (χ3v) is 4.99. The molecule has 2 amide bonds. The molecule has 0 aromatic heterocycles. The molecule has 1 aliphatic heterocycles. The third-order valence-electron chi connectivity index (χ3n) is 4.99. The molecule has 1 aliphatic rings. The van der Waals surface area contributed by atoms with Crippen molar-refractivity contribution in [3.8, 4) is 5.75 Å². The summed E-state index contributed by atoms with van der Waals surface area (Å²) < 4.78 is 5.69. The van der Waals surface area contributed by atoms with Crippen molar-refractivity contribution in [2.24, 2.45) is 0 Å². The number of nitrogens with one attached hydrogen (secondary N) is 2. The van der Waals surface area contributed by atoms with Gasteiger partial charge in [-0.15, -0.1) is 0 Å². The van der Waals surface area contributed by atoms with Crippen LogP contribution in [0.5, 0.6) is 5.75 Å². The number of carbonyl (C=O) groups excluding carboxylic acids is 1. The molecule has 0 bridgehead atoms. The average Bonchev–Trinajstić information content (AvgIpc) is 2.71. The van der Waals surface area contributed by atoms with E-state index in [4.69, 9.17) is 4.74 Å². The lowest BCUT2D eigenvalue weighted by Crippen LogP contribution is -2.48. The zero-order chi connectivity index (χ0) is 18.9. The minimum Gasteiger partial charge on any atom is -0.473 e. The number of hydrogen-bond acceptors (Lipinski definition) is 3. The molecule has 5 heteroatoms. The zero-order valence-electron chi connectivity index (χ0n) is 16.0. The Kier molecular flexibility index (Phi) is 7.11. The molecular formula is C22H29N3O2. The van der Waals surface area contributed by atoms with Crippen LogP contribution in [0.4, 0.5) is 4.79 Å². The quantitative estimate of drug-likeness (QED) is 0.736. The molecule has 1 fully saturated rings. The van der Waals surface area contributed by atoms with E-state index in [0.717, 1.165) is 50.2 Å². The Morgan fingerprint density at radius 2 is 1.78 bits per heavy atom. The van der Waals surface area contributed by atoms with Crippen LogP contribution in [0.1, 0.15) is 30.9 Å². The van der Waals surface area contributed by atoms with Crippen LogP contribution in [0.15, 0.2) is 54.6 Å². The van der Waals surface area contributed by atoms with Gasteiger partial charge in [-0.2, -0.15) is 0 Å². The van der Waals surface area contributed by atoms with Crippen LogP contribution in [-0.2, 0) is 13.0 Å². The standard InChI is InChI=1S/C22H29N3O2/c1-2-19-10-6-7-11-21(19)27-17-23-22(26)24-20-12-14-25(15-13-20)16-18-8-4-3-5-9-18/h3-11,20H,2,12-17H2,1H3,(H2,23,24,26). The van der Waals surface area contributed by atoms with Gasteiger partial charge in [-0.1, -0.05) is 55.5 Å². The van der Waals surface area contributed by atoms with E-state index in [1.165, 1.54) is 5.56 Å². The van der Waals surface area contributed by atoms with Crippen molar-refractivity contribution in [3.05, 3.63) is 65.7 Å². The van der Waals surface area contributed by atoms with Gasteiger partial charge in [0.25, 0.3) is 0 Å². The van der Waals surface area contributed by atoms with E-state index < -0.39 is 0 Å². The number of urea groups is 1. The normalized spacial score (nSPS) is 15.3. The van der Waals surface area contributed by atoms with E-state index in [-0.39, 0.29) is 18.8 Å². The first-order chi connectivity index (χ1) is 13.2. The van der Waals surface area contributed by atoms with Crippen molar-refractivity contribution in [2.75, 3.05) is 19.8 Å². The maximum Gasteiger partial charge on any atom is 0.317 e. The van der Waals surface area contributed by atoms with Crippen LogP contribution >= 0.6 is 0 Å². The topological polar surface area (TPSA) is 53.6 Å². The number of benzene rings is 2. The predicted molar refractivity (Wildman–Crippen MR) is 108 cm³/mol. The molecule has 27 heavy (non-hydrogen) atoms. The van der Waals surface area contributed by atoms with Gasteiger partial charge in [0.05, 0.1) is 0 Å². The summed E-state index contributed by atoms with van der Waals surface area (Å²) in [6, 6.07) is 18.5. The molecule has 0 saturated carbocycles. The molecule has 3 rings (SSSR count). The van der Waals surface area contributed by atoms with Gasteiger partial charge in [0.1, 0.15) is 5.75 Å². The Balaban J connectivity index is 1.34. The van der Waals surface area contributed by atoms with Gasteiger partial charge in [-0.05, 0) is 36.5 Å². The van der Waals surface area contributed by atoms with Gasteiger partial charge in [0.15, 0.2) is 6.73 Å². The highest BCUT2D eigenvalue weighted by molar-refractivity contribution is 5.74. The number of carbonyl (C=O) groups is 1. The maximum atomic E-state index is 12.1. The van der Waals surface area contributed by atoms with E-state index in [2.05, 4.69) is 46.7 Å². The third kappa shape index (κ3) is 6.00. The molecule has 2 aromatic rings. The van der Waals surface area contributed by atoms with Gasteiger partial charge in [0, 0.05) is 25.7 Å². The van der Waals surface area contributed by atoms with Crippen LogP contribution in [0.25, 0.3) is 0 Å². The van der Waals surface area contributed by atoms with Crippen molar-refractivity contribution in [2.45, 2.75) is 38.8 Å². The van der Waals surface area contributed by atoms with E-state index in [1.54, 1.807) is 0 Å². The summed E-state index contributed by atoms with van der Waals surface area (Å²) in [6.45, 7) is 5.24. The number of likely N-dealkylation sites (tertiary alicyclic amines) is 1. The molecule has 0 radical (unpaired) electrons. The number of amides is 2. The van der Waals surface area contributed by atoms with Gasteiger partial charge in [-0.3, -0.25) is 4.90 Å². The summed E-state index contributed by atoms with van der Waals surface area (Å²) in [6.07, 6.45) is 2.85. The van der Waals surface area contributed by atoms with Crippen LogP contribution < -0.4 is 15.4 Å². The highest BCUT2D eigenvalue weighted by Crippen LogP contribution is 2.17. The lowest BCUT2D eigenvalue weighted by atomic mass is 10.0. The summed E-state index contributed by atoms with van der Waals surface area (Å²) in [5.41, 5.74) is 2.48. The Hall–Kier alpha value is -2.53. The number of nitrogens with zero attached hydrogens (tertiary/aromatic N) is 1. The second kappa shape index (κ2) is 9.97. The number of piperidine rings is 1. The molecular weight excluding hydrogens is 338 g/mol. The summed E-state index contributed by atoms with van der Waals surface area (Å²) in [5, 5.41) is 5.86. The van der Waals surface area contributed by atoms with Crippen LogP contribution in [-0.4, -0.2) is 36.8 Å². The fourth-order valence-corrected chi connectivity index (χ4v) is 3.43. The molecule has 0 spiro atoms. The molecule has 2 aromatic carbocycles. The van der Waals surface area contributed by atoms with E-state index >= 15 is 0 Å². The van der Waals surface area contributed by atoms with E-state index in [0.29, 0.717) is 0 Å². The molecule has 1 saturated heterocycles. The Labute approximate surface area is 161 Å². The van der Waals surface area contributed by atoms with Crippen molar-refractivity contribution in [1.29, 1.82) is 0 Å². The number of ether oxygens (including phenoxy) is 1. The van der Waals surface area contributed by atoms with Crippen molar-refractivity contribution in [1.82, 2.24) is 15.5 Å². The van der Waals surface area contributed by atoms with Crippen LogP contribution in [0.2, 0.25) is 0 Å². The van der Waals surface area contributed by atoms with Gasteiger partial charge in [-0.25, -0.2) is 4.79 Å². The highest BCUT2D eigenvalue weighted by atomic mass is 16.5. The maximum absolute atomic E-state index is 12.1. The van der Waals surface area contributed by atoms with Crippen molar-refractivity contribution in [3.63, 3.8) is 0 Å². The van der Waals surface area contributed by atoms with E-state index in [1.807, 2.05) is 30.3 Å². The van der Waals surface area contributed by atoms with Gasteiger partial charge < -0.3 is 15.4 Å². The molecule has 144 valence electrons. The first kappa shape index (κ1) is 19.2. The summed E-state index contributed by atoms with van der Waals surface area (Å²) in [4.78, 5) is 14.6. The second-order valence-electron chi connectivity index (χ2n) is 6.94. The Morgan fingerprint density at radius 1 is 1.07 bits per heavy atom. The minimum atomic E-state index is -0.162. The van der Waals surface area contributed by atoms with E-state index in [9.17, 15) is 4.79 Å². The zero-order valence-corrected chi connectivity index (χ0v) is 16.0. The number of rotatable bonds is 7. The fraction of sp³-hybridized carbons (Fsp3) is 0.409. The molecule has 0 aliphatic carbocycles. The number of hydrogen-bond donors (Lipinski definition) is 2. The second-order valence-corrected chi connectivity index (χ2v) is 6.94. The first-order valence-electron chi connectivity index (χ1n) is 9.76. The molecule has 0 atom stereocenters. The lowest BCUT2D eigenvalue weighted by molar-refractivity contribution is 0.183. The smallest absolute Gasteiger partial charge is 0.317 e. The van der Waals surface area contributed by atoms with Gasteiger partial charge in [0.2, 0.25) is 0 Å². The molecule has 1 heterocycles. The summed E-state index contributed by atoms with van der Waals surface area (Å²) in [7, 11) is 0. The fourth-order valence-electron chi connectivity index (χ4n) is 3.43. The SMILES string of the molecule is CCc1ccccc1OCNC(=O)NC1CCN(Cc2ccccc2)CC1. The predicted octanol–water partition coefficient (Wildman–Crippen LogP) is 3.55. The summed E-state index contributed by atoms with van der Waals surface area (Å²) in [5.74, 6) is 0.828. The average molecular weight is 367 g/mol. The largest absolute Gasteiger partial charge is 0.473 e. The lowest BCUT2D eigenvalue weighted by Gasteiger charge is -2.32. The molecule has 0 unspecified atom stereocenters. The van der Waals surface area contributed by atoms with Crippen molar-refractivity contribution < 1.29 is 9.53 Å². The van der Waals surface area contributed by atoms with Crippen molar-refractivity contribution >= 4 is 6.03 Å². The molecule has 2 N–H and O–H groups in total. The van der Waals surface area contributed by atoms with Crippen LogP contribution in [0, 0.1) is 0 Å².